The molecule has 0 amide bonds. The quantitative estimate of drug-likeness (QED) is 0.928. The molecule has 3 nitrogen and oxygen atoms in total. The van der Waals surface area contributed by atoms with Crippen LogP contribution in [0.2, 0.25) is 0 Å². The highest BCUT2D eigenvalue weighted by atomic mass is 32.2. The summed E-state index contributed by atoms with van der Waals surface area (Å²) in [6.07, 6.45) is 0. The monoisotopic (exact) mass is 317 g/mol. The van der Waals surface area contributed by atoms with E-state index in [0.717, 1.165) is 22.3 Å². The molecule has 0 aliphatic carbocycles. The fraction of sp³-hybridized carbons (Fsp3) is 0.333. The summed E-state index contributed by atoms with van der Waals surface area (Å²) in [7, 11) is -3.52. The Hall–Kier alpha value is -1.65. The topological polar surface area (TPSA) is 46.2 Å². The molecule has 2 aromatic carbocycles. The normalized spacial score (nSPS) is 13.1. The first kappa shape index (κ1) is 16.7. The molecule has 0 spiro atoms. The minimum absolute atomic E-state index is 0.272. The van der Waals surface area contributed by atoms with Crippen molar-refractivity contribution in [2.24, 2.45) is 0 Å². The molecule has 0 fully saturated rings. The Morgan fingerprint density at radius 1 is 0.818 bits per heavy atom. The minimum atomic E-state index is -3.52. The van der Waals surface area contributed by atoms with Crippen molar-refractivity contribution in [3.63, 3.8) is 0 Å². The van der Waals surface area contributed by atoms with Crippen molar-refractivity contribution in [2.45, 2.75) is 45.6 Å². The number of nitrogens with one attached hydrogen (secondary N) is 1. The Bertz CT molecular complexity index is 795. The maximum atomic E-state index is 12.5. The maximum absolute atomic E-state index is 12.5. The fourth-order valence-electron chi connectivity index (χ4n) is 2.28. The fourth-order valence-corrected chi connectivity index (χ4v) is 3.60. The molecular formula is C18H23NO2S. The van der Waals surface area contributed by atoms with Gasteiger partial charge in [0.1, 0.15) is 0 Å². The lowest BCUT2D eigenvalue weighted by Gasteiger charge is -2.16. The van der Waals surface area contributed by atoms with Crippen LogP contribution >= 0.6 is 0 Å². The van der Waals surface area contributed by atoms with Crippen LogP contribution in [0.3, 0.4) is 0 Å². The molecule has 0 radical (unpaired) electrons. The molecule has 22 heavy (non-hydrogen) atoms. The van der Waals surface area contributed by atoms with Crippen molar-refractivity contribution in [1.82, 2.24) is 4.72 Å². The number of aryl methyl sites for hydroxylation is 4. The van der Waals surface area contributed by atoms with Crippen LogP contribution in [0.5, 0.6) is 0 Å². The highest BCUT2D eigenvalue weighted by molar-refractivity contribution is 7.89. The maximum Gasteiger partial charge on any atom is 0.241 e. The average molecular weight is 317 g/mol. The Balaban J connectivity index is 2.27. The first-order chi connectivity index (χ1) is 10.2. The molecule has 4 heteroatoms. The number of rotatable bonds is 4. The van der Waals surface area contributed by atoms with Gasteiger partial charge >= 0.3 is 0 Å². The van der Waals surface area contributed by atoms with Crippen LogP contribution in [0.25, 0.3) is 0 Å². The van der Waals surface area contributed by atoms with E-state index in [4.69, 9.17) is 0 Å². The van der Waals surface area contributed by atoms with E-state index in [1.165, 1.54) is 5.56 Å². The SMILES string of the molecule is Cc1ccc(C(C)NS(=O)(=O)c2ccc(C)c(C)c2)cc1C. The third kappa shape index (κ3) is 3.57. The third-order valence-corrected chi connectivity index (χ3v) is 5.69. The molecule has 0 aliphatic rings. The smallest absolute Gasteiger partial charge is 0.207 e. The standard InChI is InChI=1S/C18H23NO2S/c1-12-6-8-17(10-14(12)3)16(5)19-22(20,21)18-9-7-13(2)15(4)11-18/h6-11,16,19H,1-5H3. The summed E-state index contributed by atoms with van der Waals surface area (Å²) in [6, 6.07) is 10.9. The summed E-state index contributed by atoms with van der Waals surface area (Å²) in [5, 5.41) is 0. The average Bonchev–Trinajstić information content (AvgIpc) is 2.44. The Labute approximate surface area is 133 Å². The van der Waals surface area contributed by atoms with Gasteiger partial charge in [-0.05, 0) is 74.6 Å². The molecule has 118 valence electrons. The lowest BCUT2D eigenvalue weighted by Crippen LogP contribution is -2.27. The predicted octanol–water partition coefficient (Wildman–Crippen LogP) is 3.96. The molecule has 1 N–H and O–H groups in total. The lowest BCUT2D eigenvalue weighted by molar-refractivity contribution is 0.566. The van der Waals surface area contributed by atoms with Crippen LogP contribution < -0.4 is 4.72 Å². The number of benzene rings is 2. The zero-order valence-electron chi connectivity index (χ0n) is 13.8. The van der Waals surface area contributed by atoms with Crippen molar-refractivity contribution in [2.75, 3.05) is 0 Å². The van der Waals surface area contributed by atoms with Crippen LogP contribution in [-0.4, -0.2) is 8.42 Å². The van der Waals surface area contributed by atoms with Crippen LogP contribution in [-0.2, 0) is 10.0 Å². The zero-order chi connectivity index (χ0) is 16.5. The van der Waals surface area contributed by atoms with Crippen LogP contribution in [0.15, 0.2) is 41.3 Å². The zero-order valence-corrected chi connectivity index (χ0v) is 14.6. The molecule has 0 heterocycles. The van der Waals surface area contributed by atoms with Gasteiger partial charge < -0.3 is 0 Å². The minimum Gasteiger partial charge on any atom is -0.207 e. The predicted molar refractivity (Wildman–Crippen MR) is 90.6 cm³/mol. The van der Waals surface area contributed by atoms with Gasteiger partial charge in [0.2, 0.25) is 10.0 Å². The number of hydrogen-bond acceptors (Lipinski definition) is 2. The second-order valence-electron chi connectivity index (χ2n) is 5.93. The second-order valence-corrected chi connectivity index (χ2v) is 7.65. The van der Waals surface area contributed by atoms with E-state index < -0.39 is 10.0 Å². The highest BCUT2D eigenvalue weighted by Gasteiger charge is 2.19. The van der Waals surface area contributed by atoms with Crippen molar-refractivity contribution in [3.05, 3.63) is 64.2 Å². The van der Waals surface area contributed by atoms with Crippen LogP contribution in [0, 0.1) is 27.7 Å². The van der Waals surface area contributed by atoms with Crippen LogP contribution in [0.1, 0.15) is 40.8 Å². The van der Waals surface area contributed by atoms with Gasteiger partial charge in [-0.3, -0.25) is 0 Å². The second kappa shape index (κ2) is 6.23. The molecule has 1 unspecified atom stereocenters. The molecular weight excluding hydrogens is 294 g/mol. The van der Waals surface area contributed by atoms with Crippen molar-refractivity contribution in [1.29, 1.82) is 0 Å². The van der Waals surface area contributed by atoms with Gasteiger partial charge in [0.25, 0.3) is 0 Å². The molecule has 0 saturated carbocycles. The Kier molecular flexibility index (Phi) is 4.73. The van der Waals surface area contributed by atoms with E-state index in [-0.39, 0.29) is 6.04 Å². The summed E-state index contributed by atoms with van der Waals surface area (Å²) >= 11 is 0. The largest absolute Gasteiger partial charge is 0.241 e. The molecule has 2 aromatic rings. The van der Waals surface area contributed by atoms with E-state index in [9.17, 15) is 8.42 Å². The molecule has 0 aliphatic heterocycles. The van der Waals surface area contributed by atoms with Gasteiger partial charge in [-0.2, -0.15) is 0 Å². The summed E-state index contributed by atoms with van der Waals surface area (Å²) in [6.45, 7) is 9.83. The van der Waals surface area contributed by atoms with Gasteiger partial charge in [0, 0.05) is 6.04 Å². The van der Waals surface area contributed by atoms with E-state index in [1.807, 2.05) is 58.9 Å². The Morgan fingerprint density at radius 2 is 1.36 bits per heavy atom. The molecule has 2 rings (SSSR count). The van der Waals surface area contributed by atoms with E-state index in [1.54, 1.807) is 12.1 Å². The van der Waals surface area contributed by atoms with Gasteiger partial charge in [0.05, 0.1) is 4.90 Å². The van der Waals surface area contributed by atoms with Crippen LogP contribution in [0.4, 0.5) is 0 Å². The first-order valence-electron chi connectivity index (χ1n) is 7.37. The molecule has 1 atom stereocenters. The summed E-state index contributed by atoms with van der Waals surface area (Å²) < 4.78 is 27.8. The highest BCUT2D eigenvalue weighted by Crippen LogP contribution is 2.21. The number of sulfonamides is 1. The van der Waals surface area contributed by atoms with Crippen molar-refractivity contribution >= 4 is 10.0 Å². The molecule has 0 saturated heterocycles. The number of hydrogen-bond donors (Lipinski definition) is 1. The Morgan fingerprint density at radius 3 is 1.91 bits per heavy atom. The summed E-state index contributed by atoms with van der Waals surface area (Å²) in [4.78, 5) is 0.311. The van der Waals surface area contributed by atoms with Gasteiger partial charge in [-0.1, -0.05) is 24.3 Å². The molecule has 0 aromatic heterocycles. The molecule has 0 bridgehead atoms. The van der Waals surface area contributed by atoms with Crippen molar-refractivity contribution < 1.29 is 8.42 Å². The van der Waals surface area contributed by atoms with Gasteiger partial charge in [-0.25, -0.2) is 13.1 Å². The van der Waals surface area contributed by atoms with Gasteiger partial charge in [-0.15, -0.1) is 0 Å². The van der Waals surface area contributed by atoms with Crippen molar-refractivity contribution in [3.8, 4) is 0 Å². The first-order valence-corrected chi connectivity index (χ1v) is 8.86. The third-order valence-electron chi connectivity index (χ3n) is 4.15. The van der Waals surface area contributed by atoms with E-state index in [0.29, 0.717) is 4.90 Å². The van der Waals surface area contributed by atoms with E-state index >= 15 is 0 Å². The lowest BCUT2D eigenvalue weighted by atomic mass is 10.0. The van der Waals surface area contributed by atoms with Gasteiger partial charge in [0.15, 0.2) is 0 Å². The summed E-state index contributed by atoms with van der Waals surface area (Å²) in [5.41, 5.74) is 5.39. The summed E-state index contributed by atoms with van der Waals surface area (Å²) in [5.74, 6) is 0. The van der Waals surface area contributed by atoms with E-state index in [2.05, 4.69) is 4.72 Å².